The van der Waals surface area contributed by atoms with Crippen LogP contribution in [0.2, 0.25) is 17.9 Å². The van der Waals surface area contributed by atoms with E-state index in [0.717, 1.165) is 10.5 Å². The summed E-state index contributed by atoms with van der Waals surface area (Å²) in [6.07, 6.45) is 6.23. The van der Waals surface area contributed by atoms with Gasteiger partial charge in [-0.15, -0.1) is 0 Å². The third kappa shape index (κ3) is 8.39. The predicted molar refractivity (Wildman–Crippen MR) is 81.7 cm³/mol. The van der Waals surface area contributed by atoms with Gasteiger partial charge in [0.25, 0.3) is 0 Å². The number of rotatable bonds is 11. The summed E-state index contributed by atoms with van der Waals surface area (Å²) in [7, 11) is 0. The SMILES string of the molecule is C(CCC[Te]CC1CS1)CC[Te]CC1CS1. The van der Waals surface area contributed by atoms with E-state index in [-0.39, 0.29) is 0 Å². The summed E-state index contributed by atoms with van der Waals surface area (Å²) in [6.45, 7) is 0. The summed E-state index contributed by atoms with van der Waals surface area (Å²) in [5.41, 5.74) is 0. The van der Waals surface area contributed by atoms with Crippen LogP contribution in [0.5, 0.6) is 0 Å². The maximum atomic E-state index is 2.19. The molecule has 2 aliphatic heterocycles. The van der Waals surface area contributed by atoms with E-state index >= 15 is 0 Å². The van der Waals surface area contributed by atoms with Crippen molar-refractivity contribution >= 4 is 65.4 Å². The minimum atomic E-state index is 0.437. The van der Waals surface area contributed by atoms with Crippen LogP contribution in [0.3, 0.4) is 0 Å². The first-order chi connectivity index (χ1) is 7.95. The predicted octanol–water partition coefficient (Wildman–Crippen LogP) is 3.86. The normalized spacial score (nSPS) is 27.0. The summed E-state index contributed by atoms with van der Waals surface area (Å²) >= 11 is 5.25. The standard InChI is InChI=1S/C12H22S2Te2/c1(3-5-15-9-11-7-13-11)2-4-6-16-10-12-8-14-12/h11-12H,1-10H2. The second-order valence-corrected chi connectivity index (χ2v) is 13.7. The Balaban J connectivity index is 1.22. The van der Waals surface area contributed by atoms with Gasteiger partial charge in [0.05, 0.1) is 0 Å². The molecule has 0 aromatic rings. The summed E-state index contributed by atoms with van der Waals surface area (Å²) in [6, 6.07) is 0. The molecule has 2 unspecified atom stereocenters. The quantitative estimate of drug-likeness (QED) is 0.248. The third-order valence-corrected chi connectivity index (χ3v) is 12.9. The van der Waals surface area contributed by atoms with Crippen LogP contribution in [0.15, 0.2) is 0 Å². The van der Waals surface area contributed by atoms with E-state index in [1.54, 1.807) is 43.6 Å². The molecule has 4 heteroatoms. The number of hydrogen-bond acceptors (Lipinski definition) is 2. The van der Waals surface area contributed by atoms with Crippen molar-refractivity contribution in [2.45, 2.75) is 54.1 Å². The van der Waals surface area contributed by atoms with Crippen LogP contribution in [-0.2, 0) is 0 Å². The van der Waals surface area contributed by atoms with Gasteiger partial charge in [-0.25, -0.2) is 0 Å². The average molecular weight is 486 g/mol. The van der Waals surface area contributed by atoms with Gasteiger partial charge in [-0.05, 0) is 0 Å². The van der Waals surface area contributed by atoms with Crippen molar-refractivity contribution in [3.63, 3.8) is 0 Å². The molecule has 0 nitrogen and oxygen atoms in total. The molecule has 16 heavy (non-hydrogen) atoms. The topological polar surface area (TPSA) is 0 Å². The summed E-state index contributed by atoms with van der Waals surface area (Å²) in [5.74, 6) is 2.99. The molecule has 0 saturated carbocycles. The summed E-state index contributed by atoms with van der Waals surface area (Å²) < 4.78 is 6.55. The molecule has 0 aromatic heterocycles. The van der Waals surface area contributed by atoms with Gasteiger partial charge in [-0.2, -0.15) is 0 Å². The Morgan fingerprint density at radius 3 is 1.56 bits per heavy atom. The first kappa shape index (κ1) is 14.7. The first-order valence-corrected chi connectivity index (χ1v) is 15.0. The average Bonchev–Trinajstić information content (AvgIpc) is 3.14. The Morgan fingerprint density at radius 2 is 1.19 bits per heavy atom. The molecule has 2 heterocycles. The van der Waals surface area contributed by atoms with Crippen molar-refractivity contribution in [1.29, 1.82) is 0 Å². The Labute approximate surface area is 129 Å². The van der Waals surface area contributed by atoms with Crippen LogP contribution >= 0.6 is 23.5 Å². The second-order valence-electron chi connectivity index (χ2n) is 4.47. The molecule has 0 spiro atoms. The van der Waals surface area contributed by atoms with Gasteiger partial charge in [-0.1, -0.05) is 0 Å². The zero-order valence-corrected chi connectivity index (χ0v) is 16.2. The van der Waals surface area contributed by atoms with Crippen LogP contribution in [0.25, 0.3) is 0 Å². The molecule has 2 atom stereocenters. The van der Waals surface area contributed by atoms with Gasteiger partial charge < -0.3 is 0 Å². The van der Waals surface area contributed by atoms with Crippen molar-refractivity contribution < 1.29 is 0 Å². The molecule has 0 bridgehead atoms. The van der Waals surface area contributed by atoms with E-state index < -0.39 is 0 Å². The van der Waals surface area contributed by atoms with Crippen molar-refractivity contribution in [3.05, 3.63) is 0 Å². The Morgan fingerprint density at radius 1 is 0.750 bits per heavy atom. The molecule has 0 radical (unpaired) electrons. The second kappa shape index (κ2) is 9.23. The van der Waals surface area contributed by atoms with E-state index in [2.05, 4.69) is 23.5 Å². The van der Waals surface area contributed by atoms with E-state index in [9.17, 15) is 0 Å². The molecule has 2 rings (SSSR count). The van der Waals surface area contributed by atoms with Crippen LogP contribution in [0, 0.1) is 0 Å². The van der Waals surface area contributed by atoms with E-state index in [4.69, 9.17) is 0 Å². The summed E-state index contributed by atoms with van der Waals surface area (Å²) in [5, 5.41) is 2.27. The van der Waals surface area contributed by atoms with E-state index in [1.165, 1.54) is 11.5 Å². The van der Waals surface area contributed by atoms with Gasteiger partial charge in [0, 0.05) is 0 Å². The van der Waals surface area contributed by atoms with Crippen LogP contribution in [0.1, 0.15) is 25.7 Å². The Hall–Kier alpha value is 2.28. The molecule has 2 fully saturated rings. The molecule has 2 aliphatic rings. The van der Waals surface area contributed by atoms with Gasteiger partial charge in [-0.3, -0.25) is 0 Å². The van der Waals surface area contributed by atoms with E-state index in [0.29, 0.717) is 41.8 Å². The zero-order chi connectivity index (χ0) is 11.1. The molecular formula is C12H22S2Te2. The van der Waals surface area contributed by atoms with Crippen molar-refractivity contribution in [3.8, 4) is 0 Å². The molecular weight excluding hydrogens is 463 g/mol. The zero-order valence-electron chi connectivity index (χ0n) is 9.86. The van der Waals surface area contributed by atoms with Crippen molar-refractivity contribution in [1.82, 2.24) is 0 Å². The van der Waals surface area contributed by atoms with Crippen LogP contribution < -0.4 is 0 Å². The van der Waals surface area contributed by atoms with Gasteiger partial charge in [0.15, 0.2) is 0 Å². The molecule has 94 valence electrons. The first-order valence-electron chi connectivity index (χ1n) is 6.34. The molecule has 0 N–H and O–H groups in total. The van der Waals surface area contributed by atoms with Gasteiger partial charge >= 0.3 is 131 Å². The molecule has 0 amide bonds. The van der Waals surface area contributed by atoms with Gasteiger partial charge in [0.2, 0.25) is 0 Å². The van der Waals surface area contributed by atoms with Crippen molar-refractivity contribution in [2.24, 2.45) is 0 Å². The Kier molecular flexibility index (Phi) is 8.47. The number of unbranched alkanes of at least 4 members (excludes halogenated alkanes) is 3. The van der Waals surface area contributed by atoms with Crippen molar-refractivity contribution in [2.75, 3.05) is 11.5 Å². The summed E-state index contributed by atoms with van der Waals surface area (Å²) in [4.78, 5) is 0. The number of hydrogen-bond donors (Lipinski definition) is 0. The number of thioether (sulfide) groups is 2. The fraction of sp³-hybridized carbons (Fsp3) is 1.00. The molecule has 0 aromatic carbocycles. The Bertz CT molecular complexity index is 162. The minimum absolute atomic E-state index is 0.437. The molecule has 0 aliphatic carbocycles. The third-order valence-electron chi connectivity index (χ3n) is 2.74. The fourth-order valence-corrected chi connectivity index (χ4v) is 11.5. The van der Waals surface area contributed by atoms with E-state index in [1.807, 2.05) is 0 Å². The van der Waals surface area contributed by atoms with Crippen LogP contribution in [-0.4, -0.2) is 63.9 Å². The monoisotopic (exact) mass is 490 g/mol. The maximum absolute atomic E-state index is 2.19. The van der Waals surface area contributed by atoms with Gasteiger partial charge in [0.1, 0.15) is 0 Å². The molecule has 2 saturated heterocycles. The fourth-order valence-electron chi connectivity index (χ4n) is 1.52. The van der Waals surface area contributed by atoms with Crippen LogP contribution in [0.4, 0.5) is 0 Å².